The van der Waals surface area contributed by atoms with Gasteiger partial charge in [-0.15, -0.1) is 11.3 Å². The van der Waals surface area contributed by atoms with Crippen LogP contribution < -0.4 is 16.4 Å². The Labute approximate surface area is 107 Å². The molecule has 8 heteroatoms. The fraction of sp³-hybridized carbons (Fsp3) is 0.300. The molecule has 7 nitrogen and oxygen atoms in total. The number of hydrogen-bond donors (Lipinski definition) is 3. The van der Waals surface area contributed by atoms with Gasteiger partial charge in [0.1, 0.15) is 4.88 Å². The first-order valence-corrected chi connectivity index (χ1v) is 6.13. The van der Waals surface area contributed by atoms with Crippen LogP contribution in [-0.4, -0.2) is 29.6 Å². The normalized spacial score (nSPS) is 10.3. The molecule has 0 radical (unpaired) electrons. The van der Waals surface area contributed by atoms with Gasteiger partial charge < -0.3 is 20.9 Å². The summed E-state index contributed by atoms with van der Waals surface area (Å²) < 4.78 is 4.63. The highest BCUT2D eigenvalue weighted by molar-refractivity contribution is 7.18. The Morgan fingerprint density at radius 2 is 2.44 bits per heavy atom. The third-order valence-electron chi connectivity index (χ3n) is 2.25. The summed E-state index contributed by atoms with van der Waals surface area (Å²) >= 11 is 1.32. The average Bonchev–Trinajstić information content (AvgIpc) is 2.98. The summed E-state index contributed by atoms with van der Waals surface area (Å²) in [4.78, 5) is 15.9. The molecule has 0 saturated heterocycles. The van der Waals surface area contributed by atoms with E-state index < -0.39 is 0 Å². The second-order valence-corrected chi connectivity index (χ2v) is 4.55. The van der Waals surface area contributed by atoms with Crippen LogP contribution >= 0.6 is 11.3 Å². The molecule has 2 aromatic rings. The largest absolute Gasteiger partial charge is 0.397 e. The topological polar surface area (TPSA) is 106 Å². The maximum absolute atomic E-state index is 11.5. The van der Waals surface area contributed by atoms with Crippen LogP contribution in [-0.2, 0) is 6.42 Å². The van der Waals surface area contributed by atoms with E-state index in [0.717, 1.165) is 5.00 Å². The van der Waals surface area contributed by atoms with Gasteiger partial charge in [-0.25, -0.2) is 0 Å². The van der Waals surface area contributed by atoms with E-state index in [1.807, 2.05) is 0 Å². The first-order chi connectivity index (χ1) is 8.70. The van der Waals surface area contributed by atoms with Crippen molar-refractivity contribution in [2.45, 2.75) is 6.42 Å². The molecule has 2 rings (SSSR count). The van der Waals surface area contributed by atoms with E-state index in [1.54, 1.807) is 13.1 Å². The maximum Gasteiger partial charge on any atom is 0.263 e. The number of nitrogens with one attached hydrogen (secondary N) is 2. The number of hydrogen-bond acceptors (Lipinski definition) is 7. The Balaban J connectivity index is 1.92. The molecule has 2 aromatic heterocycles. The minimum Gasteiger partial charge on any atom is -0.397 e. The van der Waals surface area contributed by atoms with Crippen molar-refractivity contribution in [1.82, 2.24) is 15.5 Å². The lowest BCUT2D eigenvalue weighted by Crippen LogP contribution is -2.17. The summed E-state index contributed by atoms with van der Waals surface area (Å²) in [5.41, 5.74) is 6.23. The molecule has 4 N–H and O–H groups in total. The first kappa shape index (κ1) is 12.4. The number of anilines is 2. The van der Waals surface area contributed by atoms with Crippen LogP contribution in [0.4, 0.5) is 10.7 Å². The Morgan fingerprint density at radius 3 is 3.11 bits per heavy atom. The van der Waals surface area contributed by atoms with Crippen LogP contribution in [0, 0.1) is 0 Å². The van der Waals surface area contributed by atoms with E-state index in [4.69, 9.17) is 5.73 Å². The van der Waals surface area contributed by atoms with Gasteiger partial charge in [0.15, 0.2) is 5.82 Å². The zero-order chi connectivity index (χ0) is 13.0. The standard InChI is InChI=1S/C10H13N5O2S/c1-12-10(16)9-6(11)4-8(18-9)13-3-2-7-14-5-17-15-7/h4-5,13H,2-3,11H2,1H3,(H,12,16). The second kappa shape index (κ2) is 5.50. The Kier molecular flexibility index (Phi) is 3.78. The smallest absolute Gasteiger partial charge is 0.263 e. The maximum atomic E-state index is 11.5. The quantitative estimate of drug-likeness (QED) is 0.737. The van der Waals surface area contributed by atoms with Crippen molar-refractivity contribution in [2.24, 2.45) is 0 Å². The minimum absolute atomic E-state index is 0.177. The van der Waals surface area contributed by atoms with Crippen LogP contribution in [0.1, 0.15) is 15.5 Å². The lowest BCUT2D eigenvalue weighted by molar-refractivity contribution is 0.0968. The SMILES string of the molecule is CNC(=O)c1sc(NCCc2ncon2)cc1N. The van der Waals surface area contributed by atoms with Crippen LogP contribution in [0.15, 0.2) is 17.0 Å². The molecule has 0 aromatic carbocycles. The zero-order valence-corrected chi connectivity index (χ0v) is 10.6. The van der Waals surface area contributed by atoms with Gasteiger partial charge in [-0.05, 0) is 6.07 Å². The Bertz CT molecular complexity index is 522. The van der Waals surface area contributed by atoms with Crippen molar-refractivity contribution < 1.29 is 9.32 Å². The number of rotatable bonds is 5. The number of carbonyl (C=O) groups excluding carboxylic acids is 1. The fourth-order valence-corrected chi connectivity index (χ4v) is 2.33. The van der Waals surface area contributed by atoms with Crippen LogP contribution in [0.5, 0.6) is 0 Å². The van der Waals surface area contributed by atoms with Gasteiger partial charge in [-0.1, -0.05) is 5.16 Å². The molecule has 96 valence electrons. The molecule has 0 spiro atoms. The monoisotopic (exact) mass is 267 g/mol. The Morgan fingerprint density at radius 1 is 1.61 bits per heavy atom. The average molecular weight is 267 g/mol. The molecule has 0 fully saturated rings. The van der Waals surface area contributed by atoms with E-state index in [1.165, 1.54) is 17.7 Å². The van der Waals surface area contributed by atoms with Gasteiger partial charge >= 0.3 is 0 Å². The summed E-state index contributed by atoms with van der Waals surface area (Å²) in [5, 5.41) is 10.2. The number of nitrogens with zero attached hydrogens (tertiary/aromatic N) is 2. The van der Waals surface area contributed by atoms with Crippen LogP contribution in [0.25, 0.3) is 0 Å². The van der Waals surface area contributed by atoms with Gasteiger partial charge in [0.25, 0.3) is 5.91 Å². The van der Waals surface area contributed by atoms with Crippen LogP contribution in [0.3, 0.4) is 0 Å². The molecule has 0 atom stereocenters. The molecule has 0 aliphatic carbocycles. The van der Waals surface area contributed by atoms with E-state index in [2.05, 4.69) is 25.3 Å². The molecule has 1 amide bonds. The van der Waals surface area contributed by atoms with Gasteiger partial charge in [0, 0.05) is 20.0 Å². The molecule has 0 aliphatic rings. The molecule has 2 heterocycles. The number of nitrogens with two attached hydrogens (primary N) is 1. The van der Waals surface area contributed by atoms with E-state index in [9.17, 15) is 4.79 Å². The highest BCUT2D eigenvalue weighted by atomic mass is 32.1. The summed E-state index contributed by atoms with van der Waals surface area (Å²) in [7, 11) is 1.57. The van der Waals surface area contributed by atoms with Crippen LogP contribution in [0.2, 0.25) is 0 Å². The molecular formula is C10H13N5O2S. The second-order valence-electron chi connectivity index (χ2n) is 3.50. The van der Waals surface area contributed by atoms with Crippen molar-refractivity contribution in [2.75, 3.05) is 24.6 Å². The van der Waals surface area contributed by atoms with Gasteiger partial charge in [0.05, 0.1) is 10.7 Å². The van der Waals surface area contributed by atoms with E-state index in [0.29, 0.717) is 29.4 Å². The molecule has 0 unspecified atom stereocenters. The highest BCUT2D eigenvalue weighted by Gasteiger charge is 2.12. The number of aromatic nitrogens is 2. The molecule has 0 aliphatic heterocycles. The summed E-state index contributed by atoms with van der Waals surface area (Å²) in [6.45, 7) is 0.646. The first-order valence-electron chi connectivity index (χ1n) is 5.31. The number of amides is 1. The van der Waals surface area contributed by atoms with Gasteiger partial charge in [-0.2, -0.15) is 4.98 Å². The lowest BCUT2D eigenvalue weighted by Gasteiger charge is -1.99. The van der Waals surface area contributed by atoms with Crippen molar-refractivity contribution in [3.8, 4) is 0 Å². The zero-order valence-electron chi connectivity index (χ0n) is 9.77. The fourth-order valence-electron chi connectivity index (χ4n) is 1.38. The third kappa shape index (κ3) is 2.77. The summed E-state index contributed by atoms with van der Waals surface area (Å²) in [5.74, 6) is 0.460. The van der Waals surface area contributed by atoms with Gasteiger partial charge in [-0.3, -0.25) is 4.79 Å². The predicted octanol–water partition coefficient (Wildman–Crippen LogP) is 0.728. The summed E-state index contributed by atoms with van der Waals surface area (Å²) in [6, 6.07) is 1.74. The van der Waals surface area contributed by atoms with E-state index in [-0.39, 0.29) is 5.91 Å². The molecule has 18 heavy (non-hydrogen) atoms. The number of thiophene rings is 1. The van der Waals surface area contributed by atoms with Gasteiger partial charge in [0.2, 0.25) is 6.39 Å². The molecular weight excluding hydrogens is 254 g/mol. The lowest BCUT2D eigenvalue weighted by atomic mass is 10.3. The third-order valence-corrected chi connectivity index (χ3v) is 3.36. The minimum atomic E-state index is -0.177. The number of carbonyl (C=O) groups is 1. The molecule has 0 saturated carbocycles. The number of nitrogen functional groups attached to an aromatic ring is 1. The summed E-state index contributed by atoms with van der Waals surface area (Å²) in [6.07, 6.45) is 1.94. The van der Waals surface area contributed by atoms with Crippen molar-refractivity contribution in [3.63, 3.8) is 0 Å². The predicted molar refractivity (Wildman–Crippen MR) is 68.6 cm³/mol. The van der Waals surface area contributed by atoms with E-state index >= 15 is 0 Å². The van der Waals surface area contributed by atoms with Crippen molar-refractivity contribution >= 4 is 27.9 Å². The van der Waals surface area contributed by atoms with Crippen molar-refractivity contribution in [3.05, 3.63) is 23.2 Å². The Hall–Kier alpha value is -2.09. The highest BCUT2D eigenvalue weighted by Crippen LogP contribution is 2.28. The molecule has 0 bridgehead atoms. The van der Waals surface area contributed by atoms with Crippen molar-refractivity contribution in [1.29, 1.82) is 0 Å².